The maximum absolute atomic E-state index is 6.19. The maximum atomic E-state index is 6.19. The van der Waals surface area contributed by atoms with Gasteiger partial charge >= 0.3 is 7.12 Å². The van der Waals surface area contributed by atoms with Crippen LogP contribution in [-0.2, 0) is 9.31 Å². The molecule has 1 saturated carbocycles. The van der Waals surface area contributed by atoms with Gasteiger partial charge in [-0.05, 0) is 57.7 Å². The topological polar surface area (TPSA) is 46.2 Å². The normalized spacial score (nSPS) is 27.0. The molecule has 0 aromatic heterocycles. The van der Waals surface area contributed by atoms with Crippen LogP contribution >= 0.6 is 0 Å². The van der Waals surface area contributed by atoms with Crippen molar-refractivity contribution in [3.8, 4) is 17.2 Å². The Hall–Kier alpha value is -1.40. The molecule has 0 spiro atoms. The molecule has 2 atom stereocenters. The molecule has 1 aromatic rings. The average Bonchev–Trinajstić information content (AvgIpc) is 3.28. The van der Waals surface area contributed by atoms with Crippen LogP contribution < -0.4 is 14.2 Å². The van der Waals surface area contributed by atoms with Gasteiger partial charge in [-0.1, -0.05) is 0 Å². The highest BCUT2D eigenvalue weighted by molar-refractivity contribution is 6.49. The summed E-state index contributed by atoms with van der Waals surface area (Å²) in [6, 6.07) is 4.05. The highest BCUT2D eigenvalue weighted by atomic mass is 16.7. The molecule has 0 bridgehead atoms. The maximum Gasteiger partial charge on any atom is 0.461 e. The summed E-state index contributed by atoms with van der Waals surface area (Å²) < 4.78 is 28.7. The van der Waals surface area contributed by atoms with Gasteiger partial charge in [0.25, 0.3) is 0 Å². The summed E-state index contributed by atoms with van der Waals surface area (Å²) in [5, 5.41) is 0. The minimum Gasteiger partial charge on any atom is -0.493 e. The number of hydrogen-bond acceptors (Lipinski definition) is 5. The summed E-state index contributed by atoms with van der Waals surface area (Å²) in [6.07, 6.45) is 1.04. The third-order valence-corrected chi connectivity index (χ3v) is 5.58. The summed E-state index contributed by atoms with van der Waals surface area (Å²) in [7, 11) is 4.73. The van der Waals surface area contributed by atoms with Crippen LogP contribution in [0.15, 0.2) is 12.1 Å². The zero-order valence-corrected chi connectivity index (χ0v) is 15.6. The Bertz CT molecular complexity index is 587. The second kappa shape index (κ2) is 5.85. The van der Waals surface area contributed by atoms with E-state index >= 15 is 0 Å². The lowest BCUT2D eigenvalue weighted by Gasteiger charge is -2.32. The second-order valence-corrected chi connectivity index (χ2v) is 7.59. The first-order valence-electron chi connectivity index (χ1n) is 8.39. The monoisotopic (exact) mass is 334 g/mol. The van der Waals surface area contributed by atoms with Gasteiger partial charge in [-0.15, -0.1) is 0 Å². The molecule has 6 heteroatoms. The number of methoxy groups -OCH3 is 3. The van der Waals surface area contributed by atoms with E-state index < -0.39 is 0 Å². The third kappa shape index (κ3) is 2.76. The van der Waals surface area contributed by atoms with E-state index in [9.17, 15) is 0 Å². The Morgan fingerprint density at radius 1 is 0.917 bits per heavy atom. The quantitative estimate of drug-likeness (QED) is 0.769. The van der Waals surface area contributed by atoms with Crippen LogP contribution in [0.2, 0.25) is 5.82 Å². The average molecular weight is 334 g/mol. The van der Waals surface area contributed by atoms with Crippen molar-refractivity contribution in [1.29, 1.82) is 0 Å². The van der Waals surface area contributed by atoms with Crippen LogP contribution in [0.3, 0.4) is 0 Å². The van der Waals surface area contributed by atoms with Crippen molar-refractivity contribution in [2.45, 2.75) is 57.1 Å². The number of hydrogen-bond donors (Lipinski definition) is 0. The van der Waals surface area contributed by atoms with Gasteiger partial charge in [0.15, 0.2) is 11.5 Å². The fraction of sp³-hybridized carbons (Fsp3) is 0.667. The number of rotatable bonds is 5. The standard InChI is InChI=1S/C18H27BO5/c1-17(2)18(3,4)24-19(23-17)13-10-12(13)11-8-14(20-5)16(22-7)15(9-11)21-6/h8-9,12-13H,10H2,1-7H3. The molecule has 0 radical (unpaired) electrons. The molecule has 132 valence electrons. The van der Waals surface area contributed by atoms with E-state index in [4.69, 9.17) is 23.5 Å². The lowest BCUT2D eigenvalue weighted by Crippen LogP contribution is -2.41. The molecule has 1 heterocycles. The lowest BCUT2D eigenvalue weighted by molar-refractivity contribution is 0.00578. The third-order valence-electron chi connectivity index (χ3n) is 5.58. The summed E-state index contributed by atoms with van der Waals surface area (Å²) in [5.41, 5.74) is 0.587. The van der Waals surface area contributed by atoms with Crippen molar-refractivity contribution in [3.63, 3.8) is 0 Å². The van der Waals surface area contributed by atoms with Gasteiger partial charge in [-0.25, -0.2) is 0 Å². The van der Waals surface area contributed by atoms with Crippen molar-refractivity contribution < 1.29 is 23.5 Å². The van der Waals surface area contributed by atoms with E-state index in [0.29, 0.717) is 29.0 Å². The van der Waals surface area contributed by atoms with E-state index in [0.717, 1.165) is 6.42 Å². The van der Waals surface area contributed by atoms with Crippen LogP contribution in [0.1, 0.15) is 45.6 Å². The van der Waals surface area contributed by atoms with Crippen LogP contribution in [0.4, 0.5) is 0 Å². The van der Waals surface area contributed by atoms with E-state index in [1.54, 1.807) is 21.3 Å². The Morgan fingerprint density at radius 3 is 1.83 bits per heavy atom. The molecule has 1 aliphatic heterocycles. The molecule has 1 aromatic carbocycles. The minimum atomic E-state index is -0.292. The Morgan fingerprint density at radius 2 is 1.42 bits per heavy atom. The Labute approximate surface area is 144 Å². The predicted octanol–water partition coefficient (Wildman–Crippen LogP) is 3.66. The first kappa shape index (κ1) is 17.4. The molecule has 5 nitrogen and oxygen atoms in total. The van der Waals surface area contributed by atoms with Crippen LogP contribution in [-0.4, -0.2) is 39.6 Å². The first-order valence-corrected chi connectivity index (χ1v) is 8.39. The molecule has 0 amide bonds. The zero-order valence-electron chi connectivity index (χ0n) is 15.6. The number of benzene rings is 1. The zero-order chi connectivity index (χ0) is 17.7. The molecule has 1 aliphatic carbocycles. The largest absolute Gasteiger partial charge is 0.493 e. The summed E-state index contributed by atoms with van der Waals surface area (Å²) in [5.74, 6) is 2.73. The van der Waals surface area contributed by atoms with Crippen LogP contribution in [0.5, 0.6) is 17.2 Å². The molecular formula is C18H27BO5. The molecule has 3 rings (SSSR count). The molecule has 2 aliphatic rings. The fourth-order valence-corrected chi connectivity index (χ4v) is 3.28. The van der Waals surface area contributed by atoms with Crippen molar-refractivity contribution in [2.75, 3.05) is 21.3 Å². The molecule has 0 N–H and O–H groups in total. The SMILES string of the molecule is COc1cc(C2CC2B2OC(C)(C)C(C)(C)O2)cc(OC)c1OC. The van der Waals surface area contributed by atoms with Crippen molar-refractivity contribution in [3.05, 3.63) is 17.7 Å². The van der Waals surface area contributed by atoms with E-state index in [1.807, 2.05) is 12.1 Å². The van der Waals surface area contributed by atoms with Crippen molar-refractivity contribution >= 4 is 7.12 Å². The molecule has 2 fully saturated rings. The van der Waals surface area contributed by atoms with Gasteiger partial charge in [0.05, 0.1) is 32.5 Å². The lowest BCUT2D eigenvalue weighted by atomic mass is 9.79. The van der Waals surface area contributed by atoms with Gasteiger partial charge in [-0.3, -0.25) is 0 Å². The van der Waals surface area contributed by atoms with Gasteiger partial charge in [0.1, 0.15) is 0 Å². The van der Waals surface area contributed by atoms with Crippen LogP contribution in [0, 0.1) is 0 Å². The van der Waals surface area contributed by atoms with E-state index in [2.05, 4.69) is 27.7 Å². The van der Waals surface area contributed by atoms with Gasteiger partial charge in [0, 0.05) is 5.82 Å². The Kier molecular flexibility index (Phi) is 4.25. The summed E-state index contributed by atoms with van der Waals surface area (Å²) >= 11 is 0. The fourth-order valence-electron chi connectivity index (χ4n) is 3.28. The van der Waals surface area contributed by atoms with E-state index in [-0.39, 0.29) is 18.3 Å². The highest BCUT2D eigenvalue weighted by Crippen LogP contribution is 2.59. The van der Waals surface area contributed by atoms with Crippen molar-refractivity contribution in [1.82, 2.24) is 0 Å². The van der Waals surface area contributed by atoms with E-state index in [1.165, 1.54) is 5.56 Å². The van der Waals surface area contributed by atoms with Gasteiger partial charge in [-0.2, -0.15) is 0 Å². The molecule has 24 heavy (non-hydrogen) atoms. The van der Waals surface area contributed by atoms with Gasteiger partial charge < -0.3 is 23.5 Å². The minimum absolute atomic E-state index is 0.168. The van der Waals surface area contributed by atoms with Gasteiger partial charge in [0.2, 0.25) is 5.75 Å². The second-order valence-electron chi connectivity index (χ2n) is 7.59. The number of ether oxygens (including phenoxy) is 3. The smallest absolute Gasteiger partial charge is 0.461 e. The van der Waals surface area contributed by atoms with Crippen LogP contribution in [0.25, 0.3) is 0 Å². The highest BCUT2D eigenvalue weighted by Gasteiger charge is 2.60. The Balaban J connectivity index is 1.81. The van der Waals surface area contributed by atoms with Crippen molar-refractivity contribution in [2.24, 2.45) is 0 Å². The molecule has 2 unspecified atom stereocenters. The summed E-state index contributed by atoms with van der Waals surface area (Å²) in [6.45, 7) is 8.35. The molecular weight excluding hydrogens is 307 g/mol. The summed E-state index contributed by atoms with van der Waals surface area (Å²) in [4.78, 5) is 0. The predicted molar refractivity (Wildman–Crippen MR) is 93.3 cm³/mol. The molecule has 1 saturated heterocycles. The first-order chi connectivity index (χ1) is 11.2.